The predicted molar refractivity (Wildman–Crippen MR) is 77.4 cm³/mol. The number of hydrogen-bond donors (Lipinski definition) is 1. The summed E-state index contributed by atoms with van der Waals surface area (Å²) in [5.41, 5.74) is 2.21. The van der Waals surface area contributed by atoms with Gasteiger partial charge in [0.25, 0.3) is 0 Å². The third-order valence-corrected chi connectivity index (χ3v) is 4.47. The van der Waals surface area contributed by atoms with Crippen LogP contribution in [0.3, 0.4) is 0 Å². The largest absolute Gasteiger partial charge is 0.382 e. The molecule has 0 saturated heterocycles. The number of aliphatic hydroxyl groups is 1. The lowest BCUT2D eigenvalue weighted by molar-refractivity contribution is 0.214. The van der Waals surface area contributed by atoms with E-state index in [0.29, 0.717) is 5.69 Å². The average Bonchev–Trinajstić information content (AvgIpc) is 3.08. The summed E-state index contributed by atoms with van der Waals surface area (Å²) < 4.78 is 0.888. The molecule has 1 unspecified atom stereocenters. The van der Waals surface area contributed by atoms with Crippen molar-refractivity contribution in [2.75, 3.05) is 0 Å². The van der Waals surface area contributed by atoms with Gasteiger partial charge in [0.1, 0.15) is 11.8 Å². The van der Waals surface area contributed by atoms with Gasteiger partial charge >= 0.3 is 0 Å². The van der Waals surface area contributed by atoms with Crippen LogP contribution in [0.15, 0.2) is 51.8 Å². The maximum Gasteiger partial charge on any atom is 0.126 e. The minimum absolute atomic E-state index is 0.531. The molecule has 96 valence electrons. The molecule has 2 heterocycles. The van der Waals surface area contributed by atoms with Gasteiger partial charge in [0, 0.05) is 15.4 Å². The molecule has 0 saturated carbocycles. The summed E-state index contributed by atoms with van der Waals surface area (Å²) in [7, 11) is 0. The van der Waals surface area contributed by atoms with Crippen LogP contribution >= 0.6 is 27.3 Å². The molecule has 1 atom stereocenters. The number of para-hydroxylation sites is 1. The lowest BCUT2D eigenvalue weighted by Gasteiger charge is -2.05. The van der Waals surface area contributed by atoms with Crippen LogP contribution in [0.2, 0.25) is 0 Å². The first-order chi connectivity index (χ1) is 9.25. The van der Waals surface area contributed by atoms with Crippen LogP contribution < -0.4 is 0 Å². The third-order valence-electron chi connectivity index (χ3n) is 2.71. The molecule has 0 amide bonds. The van der Waals surface area contributed by atoms with Crippen LogP contribution in [-0.2, 0) is 0 Å². The molecule has 3 rings (SSSR count). The van der Waals surface area contributed by atoms with Crippen molar-refractivity contribution in [1.29, 1.82) is 0 Å². The van der Waals surface area contributed by atoms with E-state index in [1.54, 1.807) is 6.20 Å². The molecule has 2 aromatic heterocycles. The number of rotatable bonds is 3. The summed E-state index contributed by atoms with van der Waals surface area (Å²) in [6, 6.07) is 9.60. The fourth-order valence-corrected chi connectivity index (χ4v) is 3.26. The van der Waals surface area contributed by atoms with Crippen molar-refractivity contribution in [3.05, 3.63) is 63.0 Å². The van der Waals surface area contributed by atoms with E-state index in [1.807, 2.05) is 41.1 Å². The number of thiophene rings is 1. The molecule has 0 radical (unpaired) electrons. The van der Waals surface area contributed by atoms with Crippen LogP contribution in [0.25, 0.3) is 5.69 Å². The van der Waals surface area contributed by atoms with Gasteiger partial charge in [-0.2, -0.15) is 26.3 Å². The molecular formula is C13H10BrN3OS. The summed E-state index contributed by atoms with van der Waals surface area (Å²) in [6.45, 7) is 0. The number of benzene rings is 1. The van der Waals surface area contributed by atoms with Gasteiger partial charge in [0.05, 0.1) is 11.9 Å². The van der Waals surface area contributed by atoms with Crippen molar-refractivity contribution in [2.45, 2.75) is 6.10 Å². The zero-order valence-corrected chi connectivity index (χ0v) is 12.2. The van der Waals surface area contributed by atoms with Crippen LogP contribution in [0.4, 0.5) is 0 Å². The highest BCUT2D eigenvalue weighted by Crippen LogP contribution is 2.30. The van der Waals surface area contributed by atoms with Crippen molar-refractivity contribution in [1.82, 2.24) is 15.0 Å². The Morgan fingerprint density at radius 3 is 2.68 bits per heavy atom. The summed E-state index contributed by atoms with van der Waals surface area (Å²) >= 11 is 4.94. The van der Waals surface area contributed by atoms with E-state index in [9.17, 15) is 5.11 Å². The van der Waals surface area contributed by atoms with Crippen LogP contribution in [-0.4, -0.2) is 20.1 Å². The maximum atomic E-state index is 10.3. The smallest absolute Gasteiger partial charge is 0.126 e. The standard InChI is InChI=1S/C13H10BrN3OS/c14-11-8-19-7-10(11)13(18)12-6-15-17(16-12)9-4-2-1-3-5-9/h1-8,13,18H. The summed E-state index contributed by atoms with van der Waals surface area (Å²) in [4.78, 5) is 1.51. The fraction of sp³-hybridized carbons (Fsp3) is 0.0769. The molecule has 6 heteroatoms. The first-order valence-corrected chi connectivity index (χ1v) is 7.36. The zero-order chi connectivity index (χ0) is 13.2. The van der Waals surface area contributed by atoms with Crippen molar-refractivity contribution in [3.8, 4) is 5.69 Å². The van der Waals surface area contributed by atoms with Crippen molar-refractivity contribution in [2.24, 2.45) is 0 Å². The number of aromatic nitrogens is 3. The number of halogens is 1. The molecular weight excluding hydrogens is 326 g/mol. The highest BCUT2D eigenvalue weighted by Gasteiger charge is 2.18. The molecule has 1 aromatic carbocycles. The Morgan fingerprint density at radius 1 is 1.21 bits per heavy atom. The molecule has 3 aromatic rings. The third kappa shape index (κ3) is 2.47. The maximum absolute atomic E-state index is 10.3. The first-order valence-electron chi connectivity index (χ1n) is 5.63. The second kappa shape index (κ2) is 5.24. The second-order valence-corrected chi connectivity index (χ2v) is 5.57. The van der Waals surface area contributed by atoms with E-state index in [4.69, 9.17) is 0 Å². The molecule has 0 aliphatic carbocycles. The van der Waals surface area contributed by atoms with E-state index in [-0.39, 0.29) is 0 Å². The number of nitrogens with zero attached hydrogens (tertiary/aromatic N) is 3. The Hall–Kier alpha value is -1.50. The Balaban J connectivity index is 1.92. The minimum Gasteiger partial charge on any atom is -0.382 e. The van der Waals surface area contributed by atoms with E-state index in [1.165, 1.54) is 16.1 Å². The number of aliphatic hydroxyl groups excluding tert-OH is 1. The monoisotopic (exact) mass is 335 g/mol. The van der Waals surface area contributed by atoms with E-state index < -0.39 is 6.10 Å². The Morgan fingerprint density at radius 2 is 2.00 bits per heavy atom. The number of hydrogen-bond acceptors (Lipinski definition) is 4. The van der Waals surface area contributed by atoms with Crippen LogP contribution in [0.1, 0.15) is 17.4 Å². The van der Waals surface area contributed by atoms with E-state index >= 15 is 0 Å². The Labute approximate surface area is 122 Å². The first kappa shape index (κ1) is 12.5. The summed E-state index contributed by atoms with van der Waals surface area (Å²) in [5, 5.41) is 22.6. The van der Waals surface area contributed by atoms with Gasteiger partial charge in [-0.3, -0.25) is 0 Å². The zero-order valence-electron chi connectivity index (χ0n) is 9.77. The SMILES string of the molecule is OC(c1cnn(-c2ccccc2)n1)c1cscc1Br. The molecule has 0 fully saturated rings. The molecule has 0 aliphatic heterocycles. The molecule has 0 spiro atoms. The summed E-state index contributed by atoms with van der Waals surface area (Å²) in [6.07, 6.45) is 0.819. The topological polar surface area (TPSA) is 50.9 Å². The second-order valence-electron chi connectivity index (χ2n) is 3.97. The highest BCUT2D eigenvalue weighted by atomic mass is 79.9. The molecule has 0 bridgehead atoms. The van der Waals surface area contributed by atoms with Crippen LogP contribution in [0.5, 0.6) is 0 Å². The molecule has 4 nitrogen and oxygen atoms in total. The minimum atomic E-state index is -0.766. The van der Waals surface area contributed by atoms with Crippen molar-refractivity contribution < 1.29 is 5.11 Å². The van der Waals surface area contributed by atoms with Gasteiger partial charge in [-0.25, -0.2) is 0 Å². The van der Waals surface area contributed by atoms with Gasteiger partial charge in [0.2, 0.25) is 0 Å². The molecule has 1 N–H and O–H groups in total. The van der Waals surface area contributed by atoms with Crippen molar-refractivity contribution in [3.63, 3.8) is 0 Å². The molecule has 0 aliphatic rings. The Bertz CT molecular complexity index is 680. The van der Waals surface area contributed by atoms with Gasteiger partial charge < -0.3 is 5.11 Å². The predicted octanol–water partition coefficient (Wildman–Crippen LogP) is 3.17. The molecule has 19 heavy (non-hydrogen) atoms. The van der Waals surface area contributed by atoms with E-state index in [2.05, 4.69) is 26.1 Å². The van der Waals surface area contributed by atoms with Crippen LogP contribution in [0, 0.1) is 0 Å². The lowest BCUT2D eigenvalue weighted by Crippen LogP contribution is -2.03. The fourth-order valence-electron chi connectivity index (χ4n) is 1.73. The van der Waals surface area contributed by atoms with Crippen molar-refractivity contribution >= 4 is 27.3 Å². The highest BCUT2D eigenvalue weighted by molar-refractivity contribution is 9.10. The van der Waals surface area contributed by atoms with Gasteiger partial charge in [-0.15, -0.1) is 0 Å². The summed E-state index contributed by atoms with van der Waals surface area (Å²) in [5.74, 6) is 0. The Kier molecular flexibility index (Phi) is 3.46. The normalized spacial score (nSPS) is 12.5. The lowest BCUT2D eigenvalue weighted by atomic mass is 10.1. The van der Waals surface area contributed by atoms with Gasteiger partial charge in [-0.1, -0.05) is 18.2 Å². The van der Waals surface area contributed by atoms with E-state index in [0.717, 1.165) is 15.7 Å². The van der Waals surface area contributed by atoms with Gasteiger partial charge in [0.15, 0.2) is 0 Å². The average molecular weight is 336 g/mol. The quantitative estimate of drug-likeness (QED) is 0.799. The van der Waals surface area contributed by atoms with Gasteiger partial charge in [-0.05, 0) is 33.4 Å².